The summed E-state index contributed by atoms with van der Waals surface area (Å²) in [6, 6.07) is 17.5. The topological polar surface area (TPSA) is 54.3 Å². The number of nitriles is 1. The first-order chi connectivity index (χ1) is 10.8. The fourth-order valence-corrected chi connectivity index (χ4v) is 2.19. The Morgan fingerprint density at radius 2 is 1.91 bits per heavy atom. The molecule has 1 unspecified atom stereocenters. The molecular weight excluding hydrogens is 276 g/mol. The number of hydrogen-bond donors (Lipinski definition) is 1. The maximum atomic E-state index is 9.42. The van der Waals surface area contributed by atoms with Crippen molar-refractivity contribution in [3.05, 3.63) is 59.7 Å². The van der Waals surface area contributed by atoms with Gasteiger partial charge in [-0.25, -0.2) is 0 Å². The summed E-state index contributed by atoms with van der Waals surface area (Å²) in [7, 11) is 1.60. The number of benzene rings is 2. The van der Waals surface area contributed by atoms with Crippen molar-refractivity contribution >= 4 is 0 Å². The summed E-state index contributed by atoms with van der Waals surface area (Å²) in [6.45, 7) is 3.10. The number of rotatable bonds is 7. The Morgan fingerprint density at radius 1 is 1.14 bits per heavy atom. The summed E-state index contributed by atoms with van der Waals surface area (Å²) < 4.78 is 10.8. The Labute approximate surface area is 131 Å². The number of ether oxygens (including phenoxy) is 2. The second-order valence-electron chi connectivity index (χ2n) is 4.77. The number of nitrogens with one attached hydrogen (secondary N) is 1. The van der Waals surface area contributed by atoms with Crippen LogP contribution in [0.5, 0.6) is 11.5 Å². The number of hydrogen-bond acceptors (Lipinski definition) is 4. The third-order valence-electron chi connectivity index (χ3n) is 3.30. The maximum absolute atomic E-state index is 9.42. The smallest absolute Gasteiger partial charge is 0.161 e. The van der Waals surface area contributed by atoms with Gasteiger partial charge in [0.05, 0.1) is 19.8 Å². The van der Waals surface area contributed by atoms with Crippen LogP contribution >= 0.6 is 0 Å². The Morgan fingerprint density at radius 3 is 2.55 bits per heavy atom. The molecule has 0 aliphatic carbocycles. The third-order valence-corrected chi connectivity index (χ3v) is 3.30. The van der Waals surface area contributed by atoms with Gasteiger partial charge in [-0.15, -0.1) is 0 Å². The molecule has 1 N–H and O–H groups in total. The summed E-state index contributed by atoms with van der Waals surface area (Å²) in [4.78, 5) is 0. The molecule has 114 valence electrons. The maximum Gasteiger partial charge on any atom is 0.161 e. The van der Waals surface area contributed by atoms with Gasteiger partial charge in [-0.05, 0) is 30.2 Å². The summed E-state index contributed by atoms with van der Waals surface area (Å²) >= 11 is 0. The van der Waals surface area contributed by atoms with Crippen LogP contribution in [0.1, 0.15) is 24.1 Å². The molecular formula is C18H20N2O2. The average molecular weight is 296 g/mol. The summed E-state index contributed by atoms with van der Waals surface area (Å²) in [5.41, 5.74) is 2.00. The van der Waals surface area contributed by atoms with E-state index in [-0.39, 0.29) is 0 Å². The summed E-state index contributed by atoms with van der Waals surface area (Å²) in [5.74, 6) is 1.33. The van der Waals surface area contributed by atoms with Crippen LogP contribution in [0.3, 0.4) is 0 Å². The van der Waals surface area contributed by atoms with Gasteiger partial charge in [0.2, 0.25) is 0 Å². The van der Waals surface area contributed by atoms with E-state index < -0.39 is 6.04 Å². The SMILES string of the molecule is CCOc1cc(C(C#N)NCc2ccccc2)ccc1OC. The fourth-order valence-electron chi connectivity index (χ4n) is 2.19. The summed E-state index contributed by atoms with van der Waals surface area (Å²) in [5, 5.41) is 12.7. The van der Waals surface area contributed by atoms with E-state index in [4.69, 9.17) is 9.47 Å². The van der Waals surface area contributed by atoms with Gasteiger partial charge in [0, 0.05) is 6.54 Å². The minimum atomic E-state index is -0.398. The predicted octanol–water partition coefficient (Wildman–Crippen LogP) is 3.45. The van der Waals surface area contributed by atoms with Gasteiger partial charge >= 0.3 is 0 Å². The van der Waals surface area contributed by atoms with Crippen LogP contribution in [-0.4, -0.2) is 13.7 Å². The highest BCUT2D eigenvalue weighted by molar-refractivity contribution is 5.44. The van der Waals surface area contributed by atoms with Crippen molar-refractivity contribution < 1.29 is 9.47 Å². The Kier molecular flexibility index (Phi) is 5.81. The van der Waals surface area contributed by atoms with Crippen LogP contribution in [0.15, 0.2) is 48.5 Å². The second kappa shape index (κ2) is 8.06. The standard InChI is InChI=1S/C18H20N2O2/c1-3-22-18-11-15(9-10-17(18)21-2)16(12-19)20-13-14-7-5-4-6-8-14/h4-11,16,20H,3,13H2,1-2H3. The van der Waals surface area contributed by atoms with Crippen LogP contribution in [0.4, 0.5) is 0 Å². The largest absolute Gasteiger partial charge is 0.493 e. The van der Waals surface area contributed by atoms with Crippen molar-refractivity contribution in [1.82, 2.24) is 5.32 Å². The second-order valence-corrected chi connectivity index (χ2v) is 4.77. The Bertz CT molecular complexity index is 635. The van der Waals surface area contributed by atoms with E-state index in [1.165, 1.54) is 0 Å². The minimum Gasteiger partial charge on any atom is -0.493 e. The molecule has 22 heavy (non-hydrogen) atoms. The molecule has 4 nitrogen and oxygen atoms in total. The normalized spacial score (nSPS) is 11.5. The fraction of sp³-hybridized carbons (Fsp3) is 0.278. The molecule has 4 heteroatoms. The lowest BCUT2D eigenvalue weighted by molar-refractivity contribution is 0.310. The van der Waals surface area contributed by atoms with Crippen LogP contribution in [0.25, 0.3) is 0 Å². The zero-order valence-corrected chi connectivity index (χ0v) is 12.9. The molecule has 2 rings (SSSR count). The highest BCUT2D eigenvalue weighted by Gasteiger charge is 2.13. The summed E-state index contributed by atoms with van der Waals surface area (Å²) in [6.07, 6.45) is 0. The molecule has 0 aromatic heterocycles. The molecule has 0 saturated carbocycles. The third kappa shape index (κ3) is 4.00. The van der Waals surface area contributed by atoms with E-state index in [9.17, 15) is 5.26 Å². The predicted molar refractivity (Wildman–Crippen MR) is 85.8 cm³/mol. The lowest BCUT2D eigenvalue weighted by atomic mass is 10.1. The Hall–Kier alpha value is -2.51. The average Bonchev–Trinajstić information content (AvgIpc) is 2.57. The first-order valence-electron chi connectivity index (χ1n) is 7.26. The van der Waals surface area contributed by atoms with Crippen LogP contribution in [-0.2, 0) is 6.54 Å². The van der Waals surface area contributed by atoms with Gasteiger partial charge in [-0.3, -0.25) is 5.32 Å². The zero-order chi connectivity index (χ0) is 15.8. The van der Waals surface area contributed by atoms with E-state index in [2.05, 4.69) is 11.4 Å². The molecule has 2 aromatic carbocycles. The monoisotopic (exact) mass is 296 g/mol. The molecule has 0 saturated heterocycles. The molecule has 0 bridgehead atoms. The van der Waals surface area contributed by atoms with Crippen molar-refractivity contribution in [2.24, 2.45) is 0 Å². The first-order valence-corrected chi connectivity index (χ1v) is 7.26. The molecule has 0 radical (unpaired) electrons. The van der Waals surface area contributed by atoms with Gasteiger partial charge in [0.25, 0.3) is 0 Å². The molecule has 0 fully saturated rings. The van der Waals surface area contributed by atoms with Crippen molar-refractivity contribution in [2.75, 3.05) is 13.7 Å². The van der Waals surface area contributed by atoms with Crippen molar-refractivity contribution in [3.63, 3.8) is 0 Å². The van der Waals surface area contributed by atoms with E-state index in [1.807, 2.05) is 55.5 Å². The molecule has 0 spiro atoms. The lowest BCUT2D eigenvalue weighted by Gasteiger charge is -2.15. The zero-order valence-electron chi connectivity index (χ0n) is 12.9. The van der Waals surface area contributed by atoms with Gasteiger partial charge in [-0.1, -0.05) is 36.4 Å². The van der Waals surface area contributed by atoms with E-state index in [0.717, 1.165) is 11.1 Å². The van der Waals surface area contributed by atoms with Gasteiger partial charge in [-0.2, -0.15) is 5.26 Å². The van der Waals surface area contributed by atoms with Crippen molar-refractivity contribution in [2.45, 2.75) is 19.5 Å². The van der Waals surface area contributed by atoms with Crippen LogP contribution in [0.2, 0.25) is 0 Å². The van der Waals surface area contributed by atoms with E-state index in [1.54, 1.807) is 7.11 Å². The molecule has 0 amide bonds. The van der Waals surface area contributed by atoms with Crippen LogP contribution in [0, 0.1) is 11.3 Å². The molecule has 0 heterocycles. The highest BCUT2D eigenvalue weighted by Crippen LogP contribution is 2.30. The van der Waals surface area contributed by atoms with Crippen molar-refractivity contribution in [1.29, 1.82) is 5.26 Å². The van der Waals surface area contributed by atoms with E-state index in [0.29, 0.717) is 24.7 Å². The molecule has 2 aromatic rings. The van der Waals surface area contributed by atoms with Gasteiger partial charge in [0.15, 0.2) is 11.5 Å². The number of nitrogens with zero attached hydrogens (tertiary/aromatic N) is 1. The lowest BCUT2D eigenvalue weighted by Crippen LogP contribution is -2.19. The minimum absolute atomic E-state index is 0.398. The van der Waals surface area contributed by atoms with Crippen molar-refractivity contribution in [3.8, 4) is 17.6 Å². The molecule has 0 aliphatic rings. The highest BCUT2D eigenvalue weighted by atomic mass is 16.5. The molecule has 0 aliphatic heterocycles. The van der Waals surface area contributed by atoms with E-state index >= 15 is 0 Å². The first kappa shape index (κ1) is 15.9. The van der Waals surface area contributed by atoms with Gasteiger partial charge < -0.3 is 9.47 Å². The number of methoxy groups -OCH3 is 1. The Balaban J connectivity index is 2.13. The molecule has 1 atom stereocenters. The van der Waals surface area contributed by atoms with Gasteiger partial charge in [0.1, 0.15) is 6.04 Å². The quantitative estimate of drug-likeness (QED) is 0.850. The van der Waals surface area contributed by atoms with Crippen LogP contribution < -0.4 is 14.8 Å².